The van der Waals surface area contributed by atoms with Crippen molar-refractivity contribution in [2.24, 2.45) is 5.92 Å². The summed E-state index contributed by atoms with van der Waals surface area (Å²) in [5, 5.41) is 0. The first-order valence-electron chi connectivity index (χ1n) is 6.74. The fourth-order valence-corrected chi connectivity index (χ4v) is 2.87. The summed E-state index contributed by atoms with van der Waals surface area (Å²) in [4.78, 5) is 13.7. The van der Waals surface area contributed by atoms with Gasteiger partial charge in [0, 0.05) is 24.7 Å². The van der Waals surface area contributed by atoms with Crippen LogP contribution in [-0.2, 0) is 4.74 Å². The third-order valence-corrected chi connectivity index (χ3v) is 4.00. The van der Waals surface area contributed by atoms with Gasteiger partial charge in [0.15, 0.2) is 0 Å². The van der Waals surface area contributed by atoms with Gasteiger partial charge < -0.3 is 9.64 Å². The van der Waals surface area contributed by atoms with Gasteiger partial charge in [-0.2, -0.15) is 0 Å². The van der Waals surface area contributed by atoms with Crippen molar-refractivity contribution in [2.45, 2.75) is 19.3 Å². The number of ether oxygens (including phenoxy) is 1. The van der Waals surface area contributed by atoms with Crippen LogP contribution in [0.3, 0.4) is 0 Å². The van der Waals surface area contributed by atoms with E-state index < -0.39 is 0 Å². The minimum Gasteiger partial charge on any atom is -0.465 e. The summed E-state index contributed by atoms with van der Waals surface area (Å²) in [7, 11) is 1.40. The predicted octanol–water partition coefficient (Wildman–Crippen LogP) is 3.32. The average Bonchev–Trinajstić information content (AvgIpc) is 2.48. The van der Waals surface area contributed by atoms with Crippen molar-refractivity contribution >= 4 is 23.3 Å². The van der Waals surface area contributed by atoms with E-state index in [1.165, 1.54) is 25.6 Å². The molecule has 3 nitrogen and oxygen atoms in total. The Bertz CT molecular complexity index is 411. The van der Waals surface area contributed by atoms with Crippen molar-refractivity contribution in [3.05, 3.63) is 29.8 Å². The zero-order valence-corrected chi connectivity index (χ0v) is 12.0. The number of benzene rings is 1. The average molecular weight is 282 g/mol. The first-order valence-corrected chi connectivity index (χ1v) is 7.27. The van der Waals surface area contributed by atoms with Gasteiger partial charge in [0.05, 0.1) is 12.7 Å². The molecule has 0 saturated carbocycles. The number of esters is 1. The van der Waals surface area contributed by atoms with Gasteiger partial charge in [-0.3, -0.25) is 0 Å². The lowest BCUT2D eigenvalue weighted by Crippen LogP contribution is -2.33. The molecular weight excluding hydrogens is 262 g/mol. The van der Waals surface area contributed by atoms with Gasteiger partial charge >= 0.3 is 5.97 Å². The summed E-state index contributed by atoms with van der Waals surface area (Å²) in [6, 6.07) is 7.64. The number of anilines is 1. The number of hydrogen-bond donors (Lipinski definition) is 0. The number of carbonyl (C=O) groups excluding carboxylic acids is 1. The normalized spacial score (nSPS) is 16.4. The Morgan fingerprint density at radius 3 is 2.47 bits per heavy atom. The van der Waals surface area contributed by atoms with Crippen molar-refractivity contribution in [1.29, 1.82) is 0 Å². The van der Waals surface area contributed by atoms with E-state index in [9.17, 15) is 4.79 Å². The summed E-state index contributed by atoms with van der Waals surface area (Å²) in [5.41, 5.74) is 1.78. The van der Waals surface area contributed by atoms with E-state index in [2.05, 4.69) is 4.90 Å². The molecule has 1 heterocycles. The number of piperidine rings is 1. The second-order valence-electron chi connectivity index (χ2n) is 4.95. The molecular formula is C15H20ClNO2. The number of halogens is 1. The first-order chi connectivity index (χ1) is 9.24. The Morgan fingerprint density at radius 1 is 1.32 bits per heavy atom. The number of methoxy groups -OCH3 is 1. The Kier molecular flexibility index (Phi) is 5.08. The van der Waals surface area contributed by atoms with Crippen LogP contribution in [0, 0.1) is 5.92 Å². The van der Waals surface area contributed by atoms with Crippen LogP contribution in [0.1, 0.15) is 29.6 Å². The molecule has 0 bridgehead atoms. The zero-order chi connectivity index (χ0) is 13.7. The molecule has 0 aromatic heterocycles. The van der Waals surface area contributed by atoms with Crippen LogP contribution in [0.15, 0.2) is 24.3 Å². The number of alkyl halides is 1. The van der Waals surface area contributed by atoms with Crippen LogP contribution < -0.4 is 4.90 Å². The molecule has 0 spiro atoms. The highest BCUT2D eigenvalue weighted by atomic mass is 35.5. The molecule has 1 saturated heterocycles. The number of carbonyl (C=O) groups is 1. The standard InChI is InChI=1S/C15H20ClNO2/c1-19-15(18)13-2-4-14(5-3-13)17-10-7-12(6-9-16)8-11-17/h2-5,12H,6-11H2,1H3. The fraction of sp³-hybridized carbons (Fsp3) is 0.533. The van der Waals surface area contributed by atoms with Gasteiger partial charge in [0.1, 0.15) is 0 Å². The van der Waals surface area contributed by atoms with Crippen molar-refractivity contribution in [3.63, 3.8) is 0 Å². The molecule has 0 atom stereocenters. The van der Waals surface area contributed by atoms with Gasteiger partial charge in [-0.15, -0.1) is 11.6 Å². The number of hydrogen-bond acceptors (Lipinski definition) is 3. The van der Waals surface area contributed by atoms with E-state index in [4.69, 9.17) is 16.3 Å². The van der Waals surface area contributed by atoms with E-state index in [1.807, 2.05) is 24.3 Å². The lowest BCUT2D eigenvalue weighted by Gasteiger charge is -2.33. The van der Waals surface area contributed by atoms with Crippen LogP contribution in [-0.4, -0.2) is 32.0 Å². The molecule has 0 aliphatic carbocycles. The minimum atomic E-state index is -0.285. The molecule has 1 aromatic rings. The maximum Gasteiger partial charge on any atom is 0.337 e. The van der Waals surface area contributed by atoms with Crippen LogP contribution in [0.25, 0.3) is 0 Å². The second kappa shape index (κ2) is 6.80. The number of nitrogens with zero attached hydrogens (tertiary/aromatic N) is 1. The van der Waals surface area contributed by atoms with Crippen molar-refractivity contribution in [2.75, 3.05) is 31.0 Å². The van der Waals surface area contributed by atoms with Crippen molar-refractivity contribution in [3.8, 4) is 0 Å². The minimum absolute atomic E-state index is 0.285. The maximum atomic E-state index is 11.4. The van der Waals surface area contributed by atoms with E-state index in [0.717, 1.165) is 31.3 Å². The summed E-state index contributed by atoms with van der Waals surface area (Å²) < 4.78 is 4.70. The summed E-state index contributed by atoms with van der Waals surface area (Å²) >= 11 is 5.79. The highest BCUT2D eigenvalue weighted by molar-refractivity contribution is 6.17. The smallest absolute Gasteiger partial charge is 0.337 e. The second-order valence-corrected chi connectivity index (χ2v) is 5.32. The van der Waals surface area contributed by atoms with Gasteiger partial charge in [0.25, 0.3) is 0 Å². The Hall–Kier alpha value is -1.22. The summed E-state index contributed by atoms with van der Waals surface area (Å²) in [5.74, 6) is 1.24. The Balaban J connectivity index is 1.94. The molecule has 1 aliphatic heterocycles. The van der Waals surface area contributed by atoms with Crippen LogP contribution in [0.2, 0.25) is 0 Å². The third-order valence-electron chi connectivity index (χ3n) is 3.79. The lowest BCUT2D eigenvalue weighted by atomic mass is 9.94. The SMILES string of the molecule is COC(=O)c1ccc(N2CCC(CCCl)CC2)cc1. The molecule has 19 heavy (non-hydrogen) atoms. The molecule has 1 aliphatic rings. The highest BCUT2D eigenvalue weighted by Gasteiger charge is 2.19. The van der Waals surface area contributed by atoms with Crippen molar-refractivity contribution < 1.29 is 9.53 Å². The molecule has 1 aromatic carbocycles. The van der Waals surface area contributed by atoms with Gasteiger partial charge in [-0.1, -0.05) is 0 Å². The predicted molar refractivity (Wildman–Crippen MR) is 78.1 cm³/mol. The summed E-state index contributed by atoms with van der Waals surface area (Å²) in [6.45, 7) is 2.14. The quantitative estimate of drug-likeness (QED) is 0.626. The molecule has 0 radical (unpaired) electrons. The van der Waals surface area contributed by atoms with Gasteiger partial charge in [-0.05, 0) is 49.4 Å². The molecule has 0 N–H and O–H groups in total. The highest BCUT2D eigenvalue weighted by Crippen LogP contribution is 2.25. The molecule has 104 valence electrons. The van der Waals surface area contributed by atoms with Gasteiger partial charge in [0.2, 0.25) is 0 Å². The molecule has 0 amide bonds. The van der Waals surface area contributed by atoms with Crippen LogP contribution in [0.4, 0.5) is 5.69 Å². The van der Waals surface area contributed by atoms with E-state index in [-0.39, 0.29) is 5.97 Å². The monoisotopic (exact) mass is 281 g/mol. The van der Waals surface area contributed by atoms with E-state index in [1.54, 1.807) is 0 Å². The largest absolute Gasteiger partial charge is 0.465 e. The van der Waals surface area contributed by atoms with E-state index >= 15 is 0 Å². The Labute approximate surface area is 119 Å². The van der Waals surface area contributed by atoms with Crippen LogP contribution >= 0.6 is 11.6 Å². The Morgan fingerprint density at radius 2 is 1.95 bits per heavy atom. The first kappa shape index (κ1) is 14.2. The lowest BCUT2D eigenvalue weighted by molar-refractivity contribution is 0.0601. The molecule has 0 unspecified atom stereocenters. The van der Waals surface area contributed by atoms with E-state index in [0.29, 0.717) is 5.56 Å². The fourth-order valence-electron chi connectivity index (χ4n) is 2.56. The van der Waals surface area contributed by atoms with Crippen LogP contribution in [0.5, 0.6) is 0 Å². The third kappa shape index (κ3) is 3.63. The molecule has 4 heteroatoms. The van der Waals surface area contributed by atoms with Crippen molar-refractivity contribution in [1.82, 2.24) is 0 Å². The van der Waals surface area contributed by atoms with Gasteiger partial charge in [-0.25, -0.2) is 4.79 Å². The zero-order valence-electron chi connectivity index (χ0n) is 11.3. The summed E-state index contributed by atoms with van der Waals surface area (Å²) in [6.07, 6.45) is 3.52. The molecule has 1 fully saturated rings. The maximum absolute atomic E-state index is 11.4. The topological polar surface area (TPSA) is 29.5 Å². The number of rotatable bonds is 4. The molecule has 2 rings (SSSR count).